The lowest BCUT2D eigenvalue weighted by molar-refractivity contribution is -0.120. The van der Waals surface area contributed by atoms with E-state index in [2.05, 4.69) is 5.32 Å². The summed E-state index contributed by atoms with van der Waals surface area (Å²) in [5, 5.41) is 11.9. The van der Waals surface area contributed by atoms with Crippen LogP contribution in [0.15, 0.2) is 29.2 Å². The van der Waals surface area contributed by atoms with Crippen molar-refractivity contribution in [3.63, 3.8) is 0 Å². The number of sulfone groups is 1. The van der Waals surface area contributed by atoms with E-state index in [1.807, 2.05) is 0 Å². The molecule has 2 rings (SSSR count). The van der Waals surface area contributed by atoms with Gasteiger partial charge in [0.15, 0.2) is 0 Å². The Morgan fingerprint density at radius 2 is 1.96 bits per heavy atom. The number of nitrogens with one attached hydrogen (secondary N) is 1. The molecule has 0 aromatic heterocycles. The number of aliphatic hydroxyl groups excluding tert-OH is 1. The summed E-state index contributed by atoms with van der Waals surface area (Å²) in [4.78, 5) is 11.1. The Morgan fingerprint density at radius 1 is 1.30 bits per heavy atom. The van der Waals surface area contributed by atoms with Gasteiger partial charge in [-0.3, -0.25) is 4.79 Å². The maximum absolute atomic E-state index is 12.5. The Labute approximate surface area is 130 Å². The van der Waals surface area contributed by atoms with Gasteiger partial charge in [0.05, 0.1) is 16.9 Å². The van der Waals surface area contributed by atoms with Crippen LogP contribution in [0, 0.1) is 5.92 Å². The molecule has 1 aromatic rings. The molecule has 0 aliphatic heterocycles. The van der Waals surface area contributed by atoms with Gasteiger partial charge < -0.3 is 16.2 Å². The molecule has 3 atom stereocenters. The molecule has 10 heteroatoms. The Morgan fingerprint density at radius 3 is 2.48 bits per heavy atom. The SMILES string of the molecule is NC1C(O)CCC1C(=O)Nc1cccc(S(=O)(=O)C(F)(F)F)c1. The van der Waals surface area contributed by atoms with Crippen LogP contribution < -0.4 is 11.1 Å². The summed E-state index contributed by atoms with van der Waals surface area (Å²) in [6.45, 7) is 0. The number of nitrogens with two attached hydrogens (primary N) is 1. The van der Waals surface area contributed by atoms with Gasteiger partial charge in [-0.2, -0.15) is 13.2 Å². The predicted octanol–water partition coefficient (Wildman–Crippen LogP) is 1.02. The van der Waals surface area contributed by atoms with Gasteiger partial charge in [0.1, 0.15) is 0 Å². The third kappa shape index (κ3) is 3.48. The van der Waals surface area contributed by atoms with Crippen molar-refractivity contribution in [3.8, 4) is 0 Å². The molecule has 1 amide bonds. The zero-order valence-corrected chi connectivity index (χ0v) is 12.6. The van der Waals surface area contributed by atoms with Crippen molar-refractivity contribution in [2.24, 2.45) is 11.7 Å². The average molecular weight is 352 g/mol. The number of alkyl halides is 3. The van der Waals surface area contributed by atoms with Gasteiger partial charge in [-0.25, -0.2) is 8.42 Å². The molecule has 0 radical (unpaired) electrons. The summed E-state index contributed by atoms with van der Waals surface area (Å²) in [5.41, 5.74) is 0.166. The van der Waals surface area contributed by atoms with Crippen molar-refractivity contribution in [2.75, 3.05) is 5.32 Å². The number of carbonyl (C=O) groups excluding carboxylic acids is 1. The van der Waals surface area contributed by atoms with Crippen LogP contribution in [0.2, 0.25) is 0 Å². The van der Waals surface area contributed by atoms with Crippen LogP contribution in [0.5, 0.6) is 0 Å². The molecule has 1 aliphatic carbocycles. The summed E-state index contributed by atoms with van der Waals surface area (Å²) >= 11 is 0. The number of hydrogen-bond donors (Lipinski definition) is 3. The Kier molecular flexibility index (Phi) is 4.69. The summed E-state index contributed by atoms with van der Waals surface area (Å²) in [7, 11) is -5.49. The van der Waals surface area contributed by atoms with Gasteiger partial charge in [0.2, 0.25) is 5.91 Å². The molecule has 0 saturated heterocycles. The summed E-state index contributed by atoms with van der Waals surface area (Å²) in [5.74, 6) is -1.26. The average Bonchev–Trinajstić information content (AvgIpc) is 2.78. The van der Waals surface area contributed by atoms with Crippen LogP contribution >= 0.6 is 0 Å². The summed E-state index contributed by atoms with van der Waals surface area (Å²) in [6.07, 6.45) is -0.126. The van der Waals surface area contributed by atoms with Gasteiger partial charge >= 0.3 is 5.51 Å². The molecular weight excluding hydrogens is 337 g/mol. The second-order valence-corrected chi connectivity index (χ2v) is 7.24. The first-order chi connectivity index (χ1) is 10.5. The molecule has 1 aliphatic rings. The lowest BCUT2D eigenvalue weighted by Crippen LogP contribution is -2.40. The normalized spacial score (nSPS) is 25.3. The molecule has 1 aromatic carbocycles. The van der Waals surface area contributed by atoms with Gasteiger partial charge in [-0.05, 0) is 31.0 Å². The van der Waals surface area contributed by atoms with Crippen LogP contribution in [0.4, 0.5) is 18.9 Å². The van der Waals surface area contributed by atoms with Crippen molar-refractivity contribution in [1.82, 2.24) is 0 Å². The minimum absolute atomic E-state index is 0.0890. The molecule has 6 nitrogen and oxygen atoms in total. The minimum Gasteiger partial charge on any atom is -0.391 e. The van der Waals surface area contributed by atoms with E-state index in [0.29, 0.717) is 12.8 Å². The Bertz CT molecular complexity index is 705. The Hall–Kier alpha value is -1.65. The zero-order chi connectivity index (χ0) is 17.4. The van der Waals surface area contributed by atoms with Gasteiger partial charge in [0.25, 0.3) is 9.84 Å². The highest BCUT2D eigenvalue weighted by Gasteiger charge is 2.47. The second-order valence-electron chi connectivity index (χ2n) is 5.29. The van der Waals surface area contributed by atoms with E-state index in [1.54, 1.807) is 0 Å². The highest BCUT2D eigenvalue weighted by molar-refractivity contribution is 7.92. The van der Waals surface area contributed by atoms with Crippen LogP contribution in [0.3, 0.4) is 0 Å². The van der Waals surface area contributed by atoms with Gasteiger partial charge in [-0.1, -0.05) is 6.07 Å². The molecule has 0 bridgehead atoms. The molecule has 23 heavy (non-hydrogen) atoms. The first-order valence-corrected chi connectivity index (χ1v) is 8.18. The van der Waals surface area contributed by atoms with E-state index in [9.17, 15) is 31.5 Å². The fourth-order valence-corrected chi connectivity index (χ4v) is 3.23. The third-order valence-electron chi connectivity index (χ3n) is 3.74. The second kappa shape index (κ2) is 6.10. The lowest BCUT2D eigenvalue weighted by atomic mass is 10.0. The maximum atomic E-state index is 12.5. The van der Waals surface area contributed by atoms with Crippen LogP contribution in [0.1, 0.15) is 12.8 Å². The van der Waals surface area contributed by atoms with Crippen molar-refractivity contribution in [2.45, 2.75) is 35.4 Å². The maximum Gasteiger partial charge on any atom is 0.501 e. The largest absolute Gasteiger partial charge is 0.501 e. The quantitative estimate of drug-likeness (QED) is 0.752. The zero-order valence-electron chi connectivity index (χ0n) is 11.7. The molecular formula is C13H15F3N2O4S. The lowest BCUT2D eigenvalue weighted by Gasteiger charge is -2.17. The number of amides is 1. The topological polar surface area (TPSA) is 109 Å². The van der Waals surface area contributed by atoms with E-state index in [0.717, 1.165) is 18.2 Å². The van der Waals surface area contributed by atoms with Crippen molar-refractivity contribution < 1.29 is 31.5 Å². The van der Waals surface area contributed by atoms with Crippen molar-refractivity contribution in [1.29, 1.82) is 0 Å². The first-order valence-electron chi connectivity index (χ1n) is 6.70. The summed E-state index contributed by atoms with van der Waals surface area (Å²) < 4.78 is 60.3. The number of benzene rings is 1. The number of carbonyl (C=O) groups is 1. The van der Waals surface area contributed by atoms with Crippen LogP contribution in [0.25, 0.3) is 0 Å². The van der Waals surface area contributed by atoms with Gasteiger partial charge in [0, 0.05) is 11.7 Å². The standard InChI is InChI=1S/C13H15F3N2O4S/c14-13(15,16)23(21,22)8-3-1-2-7(6-8)18-12(20)9-4-5-10(19)11(9)17/h1-3,6,9-11,19H,4-5,17H2,(H,18,20). The smallest absolute Gasteiger partial charge is 0.391 e. The molecule has 3 unspecified atom stereocenters. The molecule has 0 spiro atoms. The highest BCUT2D eigenvalue weighted by atomic mass is 32.2. The van der Waals surface area contributed by atoms with Crippen LogP contribution in [-0.4, -0.2) is 37.1 Å². The first kappa shape index (κ1) is 17.7. The summed E-state index contributed by atoms with van der Waals surface area (Å²) in [6, 6.07) is 3.13. The third-order valence-corrected chi connectivity index (χ3v) is 5.22. The van der Waals surface area contributed by atoms with E-state index in [1.165, 1.54) is 6.07 Å². The molecule has 4 N–H and O–H groups in total. The molecule has 0 heterocycles. The fraction of sp³-hybridized carbons (Fsp3) is 0.462. The number of aliphatic hydroxyl groups is 1. The molecule has 1 fully saturated rings. The number of halogens is 3. The number of anilines is 1. The highest BCUT2D eigenvalue weighted by Crippen LogP contribution is 2.32. The van der Waals surface area contributed by atoms with E-state index >= 15 is 0 Å². The van der Waals surface area contributed by atoms with E-state index in [-0.39, 0.29) is 5.69 Å². The Balaban J connectivity index is 2.20. The number of hydrogen-bond acceptors (Lipinski definition) is 5. The van der Waals surface area contributed by atoms with Crippen LogP contribution in [-0.2, 0) is 14.6 Å². The monoisotopic (exact) mass is 352 g/mol. The minimum atomic E-state index is -5.49. The van der Waals surface area contributed by atoms with E-state index in [4.69, 9.17) is 5.73 Å². The number of rotatable bonds is 3. The molecule has 1 saturated carbocycles. The fourth-order valence-electron chi connectivity index (χ4n) is 2.42. The van der Waals surface area contributed by atoms with Crippen molar-refractivity contribution in [3.05, 3.63) is 24.3 Å². The van der Waals surface area contributed by atoms with Crippen molar-refractivity contribution >= 4 is 21.4 Å². The van der Waals surface area contributed by atoms with Gasteiger partial charge in [-0.15, -0.1) is 0 Å². The van der Waals surface area contributed by atoms with E-state index < -0.39 is 44.2 Å². The predicted molar refractivity (Wildman–Crippen MR) is 75.0 cm³/mol. The molecule has 128 valence electrons.